The van der Waals surface area contributed by atoms with Gasteiger partial charge in [0.1, 0.15) is 5.75 Å². The Hall–Kier alpha value is -1.71. The topological polar surface area (TPSA) is 52.6 Å². The van der Waals surface area contributed by atoms with Gasteiger partial charge in [-0.2, -0.15) is 0 Å². The maximum Gasteiger partial charge on any atom is 0.321 e. The van der Waals surface area contributed by atoms with Crippen molar-refractivity contribution < 1.29 is 9.90 Å². The summed E-state index contributed by atoms with van der Waals surface area (Å²) in [5.74, 6) is 0.165. The molecule has 0 aliphatic carbocycles. The van der Waals surface area contributed by atoms with Gasteiger partial charge < -0.3 is 10.4 Å². The number of carbonyl (C=O) groups is 1. The van der Waals surface area contributed by atoms with Gasteiger partial charge in [0.2, 0.25) is 0 Å². The predicted octanol–water partition coefficient (Wildman–Crippen LogP) is 1.87. The van der Waals surface area contributed by atoms with Crippen molar-refractivity contribution in [2.75, 3.05) is 18.5 Å². The zero-order valence-electron chi connectivity index (χ0n) is 9.24. The smallest absolute Gasteiger partial charge is 0.321 e. The van der Waals surface area contributed by atoms with Gasteiger partial charge in [-0.15, -0.1) is 0 Å². The second kappa shape index (κ2) is 4.68. The molecular weight excluding hydrogens is 192 g/mol. The molecule has 15 heavy (non-hydrogen) atoms. The molecule has 0 heterocycles. The number of aromatic hydroxyl groups is 1. The van der Waals surface area contributed by atoms with Gasteiger partial charge in [0.15, 0.2) is 0 Å². The van der Waals surface area contributed by atoms with Crippen LogP contribution in [0.2, 0.25) is 0 Å². The third-order valence-corrected chi connectivity index (χ3v) is 2.26. The molecule has 0 bridgehead atoms. The molecule has 1 aromatic carbocycles. The second-order valence-corrected chi connectivity index (χ2v) is 3.27. The molecule has 2 amide bonds. The largest absolute Gasteiger partial charge is 0.508 e. The quantitative estimate of drug-likeness (QED) is 0.779. The molecule has 1 rings (SSSR count). The molecule has 0 atom stereocenters. The van der Waals surface area contributed by atoms with Crippen LogP contribution in [0.1, 0.15) is 12.5 Å². The summed E-state index contributed by atoms with van der Waals surface area (Å²) in [4.78, 5) is 13.1. The van der Waals surface area contributed by atoms with Crippen molar-refractivity contribution in [2.45, 2.75) is 13.8 Å². The van der Waals surface area contributed by atoms with Gasteiger partial charge in [0, 0.05) is 19.7 Å². The summed E-state index contributed by atoms with van der Waals surface area (Å²) in [6.07, 6.45) is 0. The molecule has 0 aromatic heterocycles. The van der Waals surface area contributed by atoms with E-state index in [4.69, 9.17) is 0 Å². The van der Waals surface area contributed by atoms with Crippen molar-refractivity contribution in [2.24, 2.45) is 0 Å². The number of phenolic OH excluding ortho intramolecular Hbond substituents is 1. The number of phenols is 1. The number of nitrogens with zero attached hydrogens (tertiary/aromatic N) is 1. The van der Waals surface area contributed by atoms with Gasteiger partial charge in [-0.1, -0.05) is 6.07 Å². The van der Waals surface area contributed by atoms with E-state index in [0.29, 0.717) is 6.54 Å². The first kappa shape index (κ1) is 11.4. The number of benzene rings is 1. The van der Waals surface area contributed by atoms with Crippen molar-refractivity contribution in [1.82, 2.24) is 5.32 Å². The van der Waals surface area contributed by atoms with Crippen molar-refractivity contribution in [1.29, 1.82) is 0 Å². The lowest BCUT2D eigenvalue weighted by atomic mass is 10.1. The molecular formula is C11H16N2O2. The van der Waals surface area contributed by atoms with Crippen LogP contribution < -0.4 is 10.2 Å². The van der Waals surface area contributed by atoms with Crippen LogP contribution in [-0.2, 0) is 0 Å². The normalized spacial score (nSPS) is 9.80. The van der Waals surface area contributed by atoms with E-state index in [9.17, 15) is 9.90 Å². The number of nitrogens with one attached hydrogen (secondary N) is 1. The summed E-state index contributed by atoms with van der Waals surface area (Å²) in [6.45, 7) is 4.35. The first-order chi connectivity index (χ1) is 7.10. The molecule has 0 spiro atoms. The standard InChI is InChI=1S/C11H16N2O2/c1-4-13(11(15)12-3)10-7-9(14)6-5-8(10)2/h5-7,14H,4H2,1-3H3,(H,12,15). The Morgan fingerprint density at radius 1 is 1.53 bits per heavy atom. The molecule has 0 fully saturated rings. The van der Waals surface area contributed by atoms with Crippen LogP contribution in [0.3, 0.4) is 0 Å². The highest BCUT2D eigenvalue weighted by Crippen LogP contribution is 2.24. The van der Waals surface area contributed by atoms with Gasteiger partial charge >= 0.3 is 6.03 Å². The zero-order valence-corrected chi connectivity index (χ0v) is 9.24. The summed E-state index contributed by atoms with van der Waals surface area (Å²) >= 11 is 0. The van der Waals surface area contributed by atoms with Crippen LogP contribution >= 0.6 is 0 Å². The maximum absolute atomic E-state index is 11.5. The number of hydrogen-bond donors (Lipinski definition) is 2. The maximum atomic E-state index is 11.5. The summed E-state index contributed by atoms with van der Waals surface area (Å²) in [5, 5.41) is 11.9. The van der Waals surface area contributed by atoms with Gasteiger partial charge in [-0.05, 0) is 25.5 Å². The number of rotatable bonds is 2. The lowest BCUT2D eigenvalue weighted by molar-refractivity contribution is 0.248. The van der Waals surface area contributed by atoms with E-state index in [1.165, 1.54) is 0 Å². The Morgan fingerprint density at radius 2 is 2.20 bits per heavy atom. The first-order valence-electron chi connectivity index (χ1n) is 4.89. The third-order valence-electron chi connectivity index (χ3n) is 2.26. The summed E-state index contributed by atoms with van der Waals surface area (Å²) in [7, 11) is 1.59. The number of anilines is 1. The molecule has 82 valence electrons. The lowest BCUT2D eigenvalue weighted by Crippen LogP contribution is -2.38. The molecule has 4 nitrogen and oxygen atoms in total. The Balaban J connectivity index is 3.11. The SMILES string of the molecule is CCN(C(=O)NC)c1cc(O)ccc1C. The number of urea groups is 1. The van der Waals surface area contributed by atoms with Crippen molar-refractivity contribution in [3.8, 4) is 5.75 Å². The van der Waals surface area contributed by atoms with E-state index >= 15 is 0 Å². The number of carbonyl (C=O) groups excluding carboxylic acids is 1. The van der Waals surface area contributed by atoms with Crippen molar-refractivity contribution >= 4 is 11.7 Å². The summed E-state index contributed by atoms with van der Waals surface area (Å²) < 4.78 is 0. The fourth-order valence-corrected chi connectivity index (χ4v) is 1.45. The van der Waals surface area contributed by atoms with E-state index in [0.717, 1.165) is 11.3 Å². The van der Waals surface area contributed by atoms with E-state index in [2.05, 4.69) is 5.32 Å². The van der Waals surface area contributed by atoms with Gasteiger partial charge in [0.25, 0.3) is 0 Å². The molecule has 0 saturated carbocycles. The van der Waals surface area contributed by atoms with Gasteiger partial charge in [-0.3, -0.25) is 4.90 Å². The molecule has 0 aliphatic rings. The van der Waals surface area contributed by atoms with Crippen LogP contribution in [0.5, 0.6) is 5.75 Å². The minimum Gasteiger partial charge on any atom is -0.508 e. The van der Waals surface area contributed by atoms with Crippen LogP contribution in [0.15, 0.2) is 18.2 Å². The van der Waals surface area contributed by atoms with E-state index < -0.39 is 0 Å². The number of aryl methyl sites for hydroxylation is 1. The second-order valence-electron chi connectivity index (χ2n) is 3.27. The van der Waals surface area contributed by atoms with Crippen LogP contribution in [-0.4, -0.2) is 24.7 Å². The van der Waals surface area contributed by atoms with Gasteiger partial charge in [-0.25, -0.2) is 4.79 Å². The van der Waals surface area contributed by atoms with E-state index in [-0.39, 0.29) is 11.8 Å². The van der Waals surface area contributed by atoms with Crippen LogP contribution in [0.25, 0.3) is 0 Å². The Bertz CT molecular complexity index is 364. The minimum atomic E-state index is -0.175. The van der Waals surface area contributed by atoms with Crippen LogP contribution in [0, 0.1) is 6.92 Å². The Labute approximate surface area is 89.5 Å². The van der Waals surface area contributed by atoms with E-state index in [1.807, 2.05) is 13.8 Å². The molecule has 4 heteroatoms. The number of hydrogen-bond acceptors (Lipinski definition) is 2. The van der Waals surface area contributed by atoms with Crippen LogP contribution in [0.4, 0.5) is 10.5 Å². The van der Waals surface area contributed by atoms with Crippen molar-refractivity contribution in [3.63, 3.8) is 0 Å². The average Bonchev–Trinajstić information content (AvgIpc) is 2.23. The minimum absolute atomic E-state index is 0.165. The Morgan fingerprint density at radius 3 is 2.73 bits per heavy atom. The summed E-state index contributed by atoms with van der Waals surface area (Å²) in [5.41, 5.74) is 1.69. The fourth-order valence-electron chi connectivity index (χ4n) is 1.45. The third kappa shape index (κ3) is 2.40. The molecule has 0 unspecified atom stereocenters. The molecule has 0 saturated heterocycles. The molecule has 2 N–H and O–H groups in total. The average molecular weight is 208 g/mol. The number of amides is 2. The van der Waals surface area contributed by atoms with Gasteiger partial charge in [0.05, 0.1) is 5.69 Å². The summed E-state index contributed by atoms with van der Waals surface area (Å²) in [6, 6.07) is 4.81. The monoisotopic (exact) mass is 208 g/mol. The molecule has 0 radical (unpaired) electrons. The molecule has 0 aliphatic heterocycles. The fraction of sp³-hybridized carbons (Fsp3) is 0.364. The van der Waals surface area contributed by atoms with Crippen molar-refractivity contribution in [3.05, 3.63) is 23.8 Å². The zero-order chi connectivity index (χ0) is 11.4. The highest BCUT2D eigenvalue weighted by atomic mass is 16.3. The van der Waals surface area contributed by atoms with E-state index in [1.54, 1.807) is 30.1 Å². The highest BCUT2D eigenvalue weighted by molar-refractivity contribution is 5.92. The first-order valence-corrected chi connectivity index (χ1v) is 4.89. The predicted molar refractivity (Wildman–Crippen MR) is 60.3 cm³/mol. The Kier molecular flexibility index (Phi) is 3.55. The molecule has 1 aromatic rings. The lowest BCUT2D eigenvalue weighted by Gasteiger charge is -2.22. The highest BCUT2D eigenvalue weighted by Gasteiger charge is 2.14.